The molecule has 2 saturated carbocycles. The van der Waals surface area contributed by atoms with E-state index in [4.69, 9.17) is 5.11 Å². The second-order valence-electron chi connectivity index (χ2n) is 6.27. The second-order valence-corrected chi connectivity index (χ2v) is 6.27. The third-order valence-corrected chi connectivity index (χ3v) is 4.64. The molecule has 2 aliphatic carbocycles. The molecule has 1 N–H and O–H groups in total. The molecule has 0 aromatic heterocycles. The van der Waals surface area contributed by atoms with Crippen LogP contribution in [0, 0.1) is 23.0 Å². The molecule has 2 fully saturated rings. The summed E-state index contributed by atoms with van der Waals surface area (Å²) in [5.74, 6) is -2.98. The van der Waals surface area contributed by atoms with Gasteiger partial charge >= 0.3 is 5.97 Å². The van der Waals surface area contributed by atoms with E-state index in [1.165, 1.54) is 11.0 Å². The number of hydrogen-bond acceptors (Lipinski definition) is 2. The zero-order chi connectivity index (χ0) is 15.9. The van der Waals surface area contributed by atoms with Crippen LogP contribution in [0.2, 0.25) is 0 Å². The number of aliphatic carboxylic acids is 1. The van der Waals surface area contributed by atoms with Gasteiger partial charge in [0.15, 0.2) is 11.6 Å². The molecule has 3 rings (SSSR count). The van der Waals surface area contributed by atoms with Gasteiger partial charge in [0.1, 0.15) is 0 Å². The van der Waals surface area contributed by atoms with Crippen molar-refractivity contribution in [3.63, 3.8) is 0 Å². The molecule has 0 heterocycles. The maximum Gasteiger partial charge on any atom is 0.305 e. The minimum atomic E-state index is -0.986. The molecule has 0 bridgehead atoms. The van der Waals surface area contributed by atoms with Crippen LogP contribution in [0.4, 0.5) is 8.78 Å². The topological polar surface area (TPSA) is 57.6 Å². The Balaban J connectivity index is 1.71. The summed E-state index contributed by atoms with van der Waals surface area (Å²) in [4.78, 5) is 24.7. The highest BCUT2D eigenvalue weighted by molar-refractivity contribution is 5.84. The highest BCUT2D eigenvalue weighted by atomic mass is 19.2. The van der Waals surface area contributed by atoms with E-state index in [0.717, 1.165) is 31.4 Å². The highest BCUT2D eigenvalue weighted by Crippen LogP contribution is 2.71. The first-order chi connectivity index (χ1) is 10.4. The lowest BCUT2D eigenvalue weighted by Crippen LogP contribution is -2.34. The molecule has 1 aromatic rings. The molecular formula is C16H17F2NO3. The Morgan fingerprint density at radius 2 is 2.00 bits per heavy atom. The van der Waals surface area contributed by atoms with Gasteiger partial charge in [-0.2, -0.15) is 0 Å². The molecule has 1 atom stereocenters. The van der Waals surface area contributed by atoms with E-state index in [1.807, 2.05) is 0 Å². The Bertz CT molecular complexity index is 628. The molecule has 0 radical (unpaired) electrons. The normalized spacial score (nSPS) is 20.7. The average molecular weight is 309 g/mol. The number of carboxylic acids is 1. The molecule has 0 saturated heterocycles. The SMILES string of the molecule is O=C(O)CCN(Cc1ccc(F)c(F)c1)C(=O)C1CC12CC2. The third kappa shape index (κ3) is 2.96. The molecule has 22 heavy (non-hydrogen) atoms. The zero-order valence-electron chi connectivity index (χ0n) is 12.0. The fourth-order valence-electron chi connectivity index (χ4n) is 2.99. The molecule has 0 aliphatic heterocycles. The minimum absolute atomic E-state index is 0.0217. The van der Waals surface area contributed by atoms with Crippen LogP contribution < -0.4 is 0 Å². The number of halogens is 2. The van der Waals surface area contributed by atoms with Gasteiger partial charge in [-0.1, -0.05) is 6.07 Å². The number of carboxylic acid groups (broad SMARTS) is 1. The quantitative estimate of drug-likeness (QED) is 0.878. The van der Waals surface area contributed by atoms with Crippen LogP contribution in [0.5, 0.6) is 0 Å². The molecule has 2 aliphatic rings. The van der Waals surface area contributed by atoms with Gasteiger partial charge in [0, 0.05) is 19.0 Å². The van der Waals surface area contributed by atoms with Crippen LogP contribution in [0.3, 0.4) is 0 Å². The number of hydrogen-bond donors (Lipinski definition) is 1. The van der Waals surface area contributed by atoms with E-state index in [-0.39, 0.29) is 36.8 Å². The highest BCUT2D eigenvalue weighted by Gasteiger charge is 2.66. The van der Waals surface area contributed by atoms with E-state index < -0.39 is 17.6 Å². The van der Waals surface area contributed by atoms with Gasteiger partial charge in [-0.15, -0.1) is 0 Å². The predicted molar refractivity (Wildman–Crippen MR) is 73.8 cm³/mol. The fourth-order valence-corrected chi connectivity index (χ4v) is 2.99. The Hall–Kier alpha value is -1.98. The number of amides is 1. The minimum Gasteiger partial charge on any atom is -0.481 e. The van der Waals surface area contributed by atoms with E-state index in [9.17, 15) is 18.4 Å². The van der Waals surface area contributed by atoms with Crippen molar-refractivity contribution in [2.24, 2.45) is 11.3 Å². The first kappa shape index (κ1) is 14.9. The van der Waals surface area contributed by atoms with Crippen molar-refractivity contribution < 1.29 is 23.5 Å². The van der Waals surface area contributed by atoms with Crippen LogP contribution >= 0.6 is 0 Å². The van der Waals surface area contributed by atoms with Gasteiger partial charge in [-0.25, -0.2) is 8.78 Å². The molecule has 1 aromatic carbocycles. The summed E-state index contributed by atoms with van der Waals surface area (Å²) in [6, 6.07) is 3.49. The zero-order valence-corrected chi connectivity index (χ0v) is 12.0. The Morgan fingerprint density at radius 1 is 1.27 bits per heavy atom. The lowest BCUT2D eigenvalue weighted by Gasteiger charge is -2.22. The van der Waals surface area contributed by atoms with Crippen LogP contribution in [0.15, 0.2) is 18.2 Å². The van der Waals surface area contributed by atoms with Crippen molar-refractivity contribution in [3.05, 3.63) is 35.4 Å². The Labute approximate surface area is 126 Å². The van der Waals surface area contributed by atoms with Gasteiger partial charge in [-0.05, 0) is 42.4 Å². The summed E-state index contributed by atoms with van der Waals surface area (Å²) >= 11 is 0. The van der Waals surface area contributed by atoms with Gasteiger partial charge < -0.3 is 10.0 Å². The van der Waals surface area contributed by atoms with E-state index >= 15 is 0 Å². The number of nitrogens with zero attached hydrogens (tertiary/aromatic N) is 1. The van der Waals surface area contributed by atoms with Crippen molar-refractivity contribution in [2.75, 3.05) is 6.54 Å². The summed E-state index contributed by atoms with van der Waals surface area (Å²) in [5, 5.41) is 8.81. The Kier molecular flexibility index (Phi) is 3.62. The first-order valence-corrected chi connectivity index (χ1v) is 7.36. The van der Waals surface area contributed by atoms with E-state index in [2.05, 4.69) is 0 Å². The maximum absolute atomic E-state index is 13.3. The predicted octanol–water partition coefficient (Wildman–Crippen LogP) is 2.57. The van der Waals surface area contributed by atoms with Gasteiger partial charge in [0.05, 0.1) is 6.42 Å². The Morgan fingerprint density at radius 3 is 2.55 bits per heavy atom. The lowest BCUT2D eigenvalue weighted by molar-refractivity contribution is -0.139. The average Bonchev–Trinajstić information content (AvgIpc) is 3.38. The monoisotopic (exact) mass is 309 g/mol. The standard InChI is InChI=1S/C16H17F2NO3/c17-12-2-1-10(7-13(12)18)9-19(6-3-14(20)21)15(22)11-8-16(11)4-5-16/h1-2,7,11H,3-6,8-9H2,(H,20,21). The smallest absolute Gasteiger partial charge is 0.305 e. The number of benzene rings is 1. The summed E-state index contributed by atoms with van der Waals surface area (Å²) in [6.07, 6.45) is 2.82. The maximum atomic E-state index is 13.3. The molecule has 6 heteroatoms. The lowest BCUT2D eigenvalue weighted by atomic mass is 10.1. The molecule has 1 amide bonds. The van der Waals surface area contributed by atoms with Gasteiger partial charge in [0.25, 0.3) is 0 Å². The van der Waals surface area contributed by atoms with Crippen molar-refractivity contribution in [1.29, 1.82) is 0 Å². The first-order valence-electron chi connectivity index (χ1n) is 7.36. The summed E-state index contributed by atoms with van der Waals surface area (Å²) < 4.78 is 26.2. The van der Waals surface area contributed by atoms with Gasteiger partial charge in [0.2, 0.25) is 5.91 Å². The van der Waals surface area contributed by atoms with Crippen LogP contribution in [-0.2, 0) is 16.1 Å². The van der Waals surface area contributed by atoms with Crippen LogP contribution in [0.1, 0.15) is 31.2 Å². The van der Waals surface area contributed by atoms with Crippen molar-refractivity contribution >= 4 is 11.9 Å². The van der Waals surface area contributed by atoms with E-state index in [0.29, 0.717) is 5.56 Å². The summed E-state index contributed by atoms with van der Waals surface area (Å²) in [7, 11) is 0. The molecule has 1 unspecified atom stereocenters. The van der Waals surface area contributed by atoms with Crippen molar-refractivity contribution in [3.8, 4) is 0 Å². The summed E-state index contributed by atoms with van der Waals surface area (Å²) in [5.41, 5.74) is 0.634. The molecule has 1 spiro atoms. The van der Waals surface area contributed by atoms with E-state index in [1.54, 1.807) is 0 Å². The largest absolute Gasteiger partial charge is 0.481 e. The second kappa shape index (κ2) is 5.34. The number of carbonyl (C=O) groups excluding carboxylic acids is 1. The van der Waals surface area contributed by atoms with Crippen molar-refractivity contribution in [2.45, 2.75) is 32.2 Å². The molecule has 4 nitrogen and oxygen atoms in total. The van der Waals surface area contributed by atoms with Crippen molar-refractivity contribution in [1.82, 2.24) is 4.90 Å². The number of rotatable bonds is 6. The summed E-state index contributed by atoms with van der Waals surface area (Å²) in [6.45, 7) is 0.190. The number of carbonyl (C=O) groups is 2. The van der Waals surface area contributed by atoms with Crippen LogP contribution in [0.25, 0.3) is 0 Å². The molecule has 118 valence electrons. The third-order valence-electron chi connectivity index (χ3n) is 4.64. The van der Waals surface area contributed by atoms with Crippen LogP contribution in [-0.4, -0.2) is 28.4 Å². The molecular weight excluding hydrogens is 292 g/mol. The van der Waals surface area contributed by atoms with Gasteiger partial charge in [-0.3, -0.25) is 9.59 Å². The fraction of sp³-hybridized carbons (Fsp3) is 0.500.